The summed E-state index contributed by atoms with van der Waals surface area (Å²) >= 11 is 0. The summed E-state index contributed by atoms with van der Waals surface area (Å²) < 4.78 is 15.9. The van der Waals surface area contributed by atoms with Gasteiger partial charge in [0.05, 0.1) is 14.2 Å². The highest BCUT2D eigenvalue weighted by molar-refractivity contribution is 5.31. The fraction of sp³-hybridized carbons (Fsp3) is 0.636. The van der Waals surface area contributed by atoms with Crippen LogP contribution >= 0.6 is 0 Å². The second-order valence-electron chi connectivity index (χ2n) is 3.19. The van der Waals surface area contributed by atoms with E-state index < -0.39 is 0 Å². The van der Waals surface area contributed by atoms with Crippen LogP contribution in [0.15, 0.2) is 23.2 Å². The maximum atomic E-state index is 5.32. The first kappa shape index (κ1) is 11.1. The maximum absolute atomic E-state index is 5.32. The molecule has 1 unspecified atom stereocenters. The topological polar surface area (TPSA) is 27.7 Å². The van der Waals surface area contributed by atoms with Gasteiger partial charge < -0.3 is 14.2 Å². The highest BCUT2D eigenvalue weighted by atomic mass is 16.5. The highest BCUT2D eigenvalue weighted by Crippen LogP contribution is 2.28. The molecule has 0 amide bonds. The second kappa shape index (κ2) is 5.05. The van der Waals surface area contributed by atoms with E-state index in [-0.39, 0.29) is 6.10 Å². The molecule has 0 aromatic carbocycles. The summed E-state index contributed by atoms with van der Waals surface area (Å²) in [5.74, 6) is 1.88. The Balaban J connectivity index is 2.92. The number of methoxy groups -OCH3 is 3. The first-order chi connectivity index (χ1) is 6.76. The molecule has 14 heavy (non-hydrogen) atoms. The summed E-state index contributed by atoms with van der Waals surface area (Å²) in [6.07, 6.45) is 3.71. The predicted molar refractivity (Wildman–Crippen MR) is 54.8 cm³/mol. The molecule has 80 valence electrons. The van der Waals surface area contributed by atoms with Gasteiger partial charge in [0.1, 0.15) is 17.6 Å². The lowest BCUT2D eigenvalue weighted by molar-refractivity contribution is 0.0640. The van der Waals surface area contributed by atoms with Crippen LogP contribution in [-0.4, -0.2) is 27.4 Å². The van der Waals surface area contributed by atoms with Crippen LogP contribution in [0.1, 0.15) is 19.8 Å². The maximum Gasteiger partial charge on any atom is 0.125 e. The van der Waals surface area contributed by atoms with Crippen LogP contribution in [0.25, 0.3) is 0 Å². The predicted octanol–water partition coefficient (Wildman–Crippen LogP) is 2.25. The zero-order chi connectivity index (χ0) is 10.6. The summed E-state index contributed by atoms with van der Waals surface area (Å²) in [5, 5.41) is 0. The van der Waals surface area contributed by atoms with Crippen molar-refractivity contribution in [1.29, 1.82) is 0 Å². The molecule has 1 aliphatic carbocycles. The van der Waals surface area contributed by atoms with E-state index in [1.807, 2.05) is 6.08 Å². The Hall–Kier alpha value is -0.960. The molecule has 0 radical (unpaired) electrons. The van der Waals surface area contributed by atoms with Crippen LogP contribution < -0.4 is 0 Å². The van der Waals surface area contributed by atoms with Crippen molar-refractivity contribution in [3.05, 3.63) is 23.2 Å². The summed E-state index contributed by atoms with van der Waals surface area (Å²) in [6, 6.07) is 0. The molecule has 3 heteroatoms. The first-order valence-electron chi connectivity index (χ1n) is 4.81. The summed E-state index contributed by atoms with van der Waals surface area (Å²) in [5.41, 5.74) is 1.19. The Labute approximate surface area is 85.3 Å². The molecule has 0 heterocycles. The lowest BCUT2D eigenvalue weighted by Gasteiger charge is -2.24. The molecule has 0 saturated carbocycles. The van der Waals surface area contributed by atoms with Gasteiger partial charge in [-0.3, -0.25) is 0 Å². The van der Waals surface area contributed by atoms with E-state index in [1.165, 1.54) is 5.57 Å². The van der Waals surface area contributed by atoms with Gasteiger partial charge in [0.2, 0.25) is 0 Å². The van der Waals surface area contributed by atoms with Crippen LogP contribution in [0.3, 0.4) is 0 Å². The lowest BCUT2D eigenvalue weighted by Crippen LogP contribution is -2.21. The van der Waals surface area contributed by atoms with E-state index in [0.29, 0.717) is 0 Å². The number of hydrogen-bond acceptors (Lipinski definition) is 3. The Bertz CT molecular complexity index is 253. The Morgan fingerprint density at radius 1 is 1.29 bits per heavy atom. The molecule has 0 fully saturated rings. The van der Waals surface area contributed by atoms with Gasteiger partial charge in [-0.05, 0) is 18.1 Å². The van der Waals surface area contributed by atoms with E-state index >= 15 is 0 Å². The molecule has 0 bridgehead atoms. The Morgan fingerprint density at radius 2 is 2.00 bits per heavy atom. The highest BCUT2D eigenvalue weighted by Gasteiger charge is 2.23. The van der Waals surface area contributed by atoms with Crippen LogP contribution in [-0.2, 0) is 14.2 Å². The molecular weight excluding hydrogens is 180 g/mol. The fourth-order valence-electron chi connectivity index (χ4n) is 1.65. The molecule has 1 atom stereocenters. The van der Waals surface area contributed by atoms with Gasteiger partial charge in [-0.15, -0.1) is 0 Å². The van der Waals surface area contributed by atoms with Crippen LogP contribution in [0.5, 0.6) is 0 Å². The third-order valence-electron chi connectivity index (χ3n) is 2.51. The SMILES string of the molecule is CCC1=C(OC)CC(OC)C(OC)=C1. The van der Waals surface area contributed by atoms with Crippen molar-refractivity contribution in [2.45, 2.75) is 25.9 Å². The molecule has 0 aromatic rings. The van der Waals surface area contributed by atoms with E-state index in [2.05, 4.69) is 6.92 Å². The van der Waals surface area contributed by atoms with E-state index in [0.717, 1.165) is 24.4 Å². The van der Waals surface area contributed by atoms with Gasteiger partial charge in [-0.2, -0.15) is 0 Å². The van der Waals surface area contributed by atoms with Crippen molar-refractivity contribution < 1.29 is 14.2 Å². The minimum absolute atomic E-state index is 0.00903. The Morgan fingerprint density at radius 3 is 2.43 bits per heavy atom. The number of hydrogen-bond donors (Lipinski definition) is 0. The molecule has 1 rings (SSSR count). The standard InChI is InChI=1S/C11H18O3/c1-5-8-6-10(13-3)11(14-4)7-9(8)12-2/h6,11H,5,7H2,1-4H3. The third-order valence-corrected chi connectivity index (χ3v) is 2.51. The molecular formula is C11H18O3. The zero-order valence-corrected chi connectivity index (χ0v) is 9.29. The molecule has 3 nitrogen and oxygen atoms in total. The van der Waals surface area contributed by atoms with Crippen molar-refractivity contribution in [2.75, 3.05) is 21.3 Å². The molecule has 1 aliphatic rings. The minimum Gasteiger partial charge on any atom is -0.501 e. The number of allylic oxidation sites excluding steroid dienone is 2. The quantitative estimate of drug-likeness (QED) is 0.693. The first-order valence-corrected chi connectivity index (χ1v) is 4.81. The third kappa shape index (κ3) is 2.10. The zero-order valence-electron chi connectivity index (χ0n) is 9.29. The summed E-state index contributed by atoms with van der Waals surface area (Å²) in [4.78, 5) is 0. The second-order valence-corrected chi connectivity index (χ2v) is 3.19. The van der Waals surface area contributed by atoms with Crippen LogP contribution in [0.2, 0.25) is 0 Å². The molecule has 0 aromatic heterocycles. The number of rotatable bonds is 4. The van der Waals surface area contributed by atoms with E-state index in [1.54, 1.807) is 21.3 Å². The average Bonchev–Trinajstić information content (AvgIpc) is 2.26. The summed E-state index contributed by atoms with van der Waals surface area (Å²) in [6.45, 7) is 2.10. The minimum atomic E-state index is -0.00903. The van der Waals surface area contributed by atoms with Crippen molar-refractivity contribution in [3.8, 4) is 0 Å². The fourth-order valence-corrected chi connectivity index (χ4v) is 1.65. The Kier molecular flexibility index (Phi) is 4.01. The average molecular weight is 198 g/mol. The van der Waals surface area contributed by atoms with Gasteiger partial charge in [-0.25, -0.2) is 0 Å². The van der Waals surface area contributed by atoms with Gasteiger partial charge in [0.15, 0.2) is 0 Å². The molecule has 0 saturated heterocycles. The van der Waals surface area contributed by atoms with Gasteiger partial charge in [0, 0.05) is 13.5 Å². The summed E-state index contributed by atoms with van der Waals surface area (Å²) in [7, 11) is 5.05. The lowest BCUT2D eigenvalue weighted by atomic mass is 9.99. The van der Waals surface area contributed by atoms with Crippen LogP contribution in [0, 0.1) is 0 Å². The van der Waals surface area contributed by atoms with E-state index in [9.17, 15) is 0 Å². The van der Waals surface area contributed by atoms with Gasteiger partial charge in [-0.1, -0.05) is 6.92 Å². The largest absolute Gasteiger partial charge is 0.501 e. The van der Waals surface area contributed by atoms with E-state index in [4.69, 9.17) is 14.2 Å². The normalized spacial score (nSPS) is 22.0. The van der Waals surface area contributed by atoms with Gasteiger partial charge in [0.25, 0.3) is 0 Å². The molecule has 0 N–H and O–H groups in total. The van der Waals surface area contributed by atoms with Crippen LogP contribution in [0.4, 0.5) is 0 Å². The van der Waals surface area contributed by atoms with Gasteiger partial charge >= 0.3 is 0 Å². The molecule has 0 aliphatic heterocycles. The van der Waals surface area contributed by atoms with Crippen molar-refractivity contribution in [1.82, 2.24) is 0 Å². The monoisotopic (exact) mass is 198 g/mol. The van der Waals surface area contributed by atoms with Crippen molar-refractivity contribution >= 4 is 0 Å². The number of ether oxygens (including phenoxy) is 3. The van der Waals surface area contributed by atoms with Crippen molar-refractivity contribution in [3.63, 3.8) is 0 Å². The smallest absolute Gasteiger partial charge is 0.125 e. The van der Waals surface area contributed by atoms with Crippen molar-refractivity contribution in [2.24, 2.45) is 0 Å². The molecule has 0 spiro atoms.